The SMILES string of the molecule is CCC(F)(F)C(=O)C[C@H]1Cc2cccc(C(=O)OCOC(=O)C(C)(C)OC)c2OB1O. The lowest BCUT2D eigenvalue weighted by Crippen LogP contribution is -2.38. The maximum Gasteiger partial charge on any atom is 0.526 e. The zero-order valence-electron chi connectivity index (χ0n) is 17.8. The average Bonchev–Trinajstić information content (AvgIpc) is 2.73. The van der Waals surface area contributed by atoms with Crippen molar-refractivity contribution < 1.29 is 47.1 Å². The lowest BCUT2D eigenvalue weighted by atomic mass is 9.64. The van der Waals surface area contributed by atoms with Crippen LogP contribution in [0.3, 0.4) is 0 Å². The summed E-state index contributed by atoms with van der Waals surface area (Å²) in [6.07, 6.45) is -1.14. The maximum absolute atomic E-state index is 13.6. The van der Waals surface area contributed by atoms with Gasteiger partial charge in [0, 0.05) is 25.8 Å². The van der Waals surface area contributed by atoms with Gasteiger partial charge in [-0.1, -0.05) is 19.1 Å². The summed E-state index contributed by atoms with van der Waals surface area (Å²) in [5.41, 5.74) is -0.802. The number of rotatable bonds is 9. The van der Waals surface area contributed by atoms with E-state index in [-0.39, 0.29) is 17.7 Å². The van der Waals surface area contributed by atoms with Crippen molar-refractivity contribution in [2.45, 2.75) is 57.4 Å². The number of hydrogen-bond acceptors (Lipinski definition) is 8. The van der Waals surface area contributed by atoms with Gasteiger partial charge in [-0.25, -0.2) is 9.59 Å². The highest BCUT2D eigenvalue weighted by Crippen LogP contribution is 2.38. The Balaban J connectivity index is 2.07. The van der Waals surface area contributed by atoms with E-state index < -0.39 is 61.8 Å². The van der Waals surface area contributed by atoms with Crippen LogP contribution < -0.4 is 4.65 Å². The number of para-hydroxylation sites is 1. The minimum Gasteiger partial charge on any atom is -0.535 e. The molecule has 0 fully saturated rings. The summed E-state index contributed by atoms with van der Waals surface area (Å²) in [6, 6.07) is 4.50. The second kappa shape index (κ2) is 9.74. The molecular weight excluding hydrogens is 417 g/mol. The van der Waals surface area contributed by atoms with Crippen LogP contribution in [0.1, 0.15) is 49.5 Å². The Hall–Kier alpha value is -2.53. The fourth-order valence-corrected chi connectivity index (χ4v) is 2.87. The molecule has 1 heterocycles. The monoisotopic (exact) mass is 442 g/mol. The van der Waals surface area contributed by atoms with Crippen molar-refractivity contribution in [2.24, 2.45) is 0 Å². The van der Waals surface area contributed by atoms with Gasteiger partial charge in [-0.15, -0.1) is 0 Å². The predicted molar refractivity (Wildman–Crippen MR) is 105 cm³/mol. The van der Waals surface area contributed by atoms with Gasteiger partial charge in [0.25, 0.3) is 0 Å². The number of methoxy groups -OCH3 is 1. The predicted octanol–water partition coefficient (Wildman–Crippen LogP) is 2.56. The molecule has 0 amide bonds. The highest BCUT2D eigenvalue weighted by Gasteiger charge is 2.43. The smallest absolute Gasteiger partial charge is 0.526 e. The van der Waals surface area contributed by atoms with Crippen molar-refractivity contribution in [3.63, 3.8) is 0 Å². The van der Waals surface area contributed by atoms with Gasteiger partial charge in [0.2, 0.25) is 12.6 Å². The first-order chi connectivity index (χ1) is 14.4. The third-order valence-electron chi connectivity index (χ3n) is 5.12. The zero-order chi connectivity index (χ0) is 23.4. The molecule has 1 N–H and O–H groups in total. The molecule has 1 aliphatic heterocycles. The van der Waals surface area contributed by atoms with Crippen molar-refractivity contribution in [1.29, 1.82) is 0 Å². The van der Waals surface area contributed by atoms with Crippen LogP contribution in [0.5, 0.6) is 5.75 Å². The topological polar surface area (TPSA) is 108 Å². The first-order valence-electron chi connectivity index (χ1n) is 9.70. The molecule has 31 heavy (non-hydrogen) atoms. The van der Waals surface area contributed by atoms with Crippen LogP contribution in [0.25, 0.3) is 0 Å². The number of ketones is 1. The lowest BCUT2D eigenvalue weighted by molar-refractivity contribution is -0.173. The maximum atomic E-state index is 13.6. The average molecular weight is 442 g/mol. The highest BCUT2D eigenvalue weighted by atomic mass is 19.3. The van der Waals surface area contributed by atoms with Crippen LogP contribution in [0.15, 0.2) is 18.2 Å². The molecule has 11 heteroatoms. The molecular formula is C20H25BF2O8. The molecule has 1 atom stereocenters. The molecule has 8 nitrogen and oxygen atoms in total. The summed E-state index contributed by atoms with van der Waals surface area (Å²) in [6.45, 7) is 3.50. The van der Waals surface area contributed by atoms with E-state index in [2.05, 4.69) is 0 Å². The van der Waals surface area contributed by atoms with Crippen LogP contribution in [-0.4, -0.2) is 55.3 Å². The Morgan fingerprint density at radius 1 is 1.26 bits per heavy atom. The number of ether oxygens (including phenoxy) is 3. The third kappa shape index (κ3) is 5.79. The minimum absolute atomic E-state index is 0.0227. The number of hydrogen-bond donors (Lipinski definition) is 1. The summed E-state index contributed by atoms with van der Waals surface area (Å²) >= 11 is 0. The number of carbonyl (C=O) groups excluding carboxylic acids is 3. The fourth-order valence-electron chi connectivity index (χ4n) is 2.87. The van der Waals surface area contributed by atoms with Gasteiger partial charge in [-0.2, -0.15) is 8.78 Å². The zero-order valence-corrected chi connectivity index (χ0v) is 17.8. The van der Waals surface area contributed by atoms with Crippen LogP contribution in [0.2, 0.25) is 5.82 Å². The van der Waals surface area contributed by atoms with Crippen LogP contribution in [-0.2, 0) is 30.2 Å². The van der Waals surface area contributed by atoms with Crippen LogP contribution in [0, 0.1) is 0 Å². The Morgan fingerprint density at radius 3 is 2.55 bits per heavy atom. The largest absolute Gasteiger partial charge is 0.535 e. The summed E-state index contributed by atoms with van der Waals surface area (Å²) in [5.74, 6) is -7.22. The molecule has 1 aromatic rings. The van der Waals surface area contributed by atoms with Gasteiger partial charge in [-0.3, -0.25) is 4.79 Å². The molecule has 0 saturated heterocycles. The number of benzene rings is 1. The van der Waals surface area contributed by atoms with Crippen molar-refractivity contribution in [3.8, 4) is 5.75 Å². The van der Waals surface area contributed by atoms with E-state index in [9.17, 15) is 28.2 Å². The van der Waals surface area contributed by atoms with Gasteiger partial charge < -0.3 is 23.9 Å². The van der Waals surface area contributed by atoms with E-state index in [1.54, 1.807) is 6.07 Å². The van der Waals surface area contributed by atoms with E-state index in [0.29, 0.717) is 5.56 Å². The van der Waals surface area contributed by atoms with Crippen LogP contribution >= 0.6 is 0 Å². The van der Waals surface area contributed by atoms with Crippen molar-refractivity contribution in [1.82, 2.24) is 0 Å². The van der Waals surface area contributed by atoms with Gasteiger partial charge in [0.15, 0.2) is 5.60 Å². The first kappa shape index (κ1) is 24.7. The van der Waals surface area contributed by atoms with Crippen molar-refractivity contribution in [2.75, 3.05) is 13.9 Å². The number of halogens is 2. The summed E-state index contributed by atoms with van der Waals surface area (Å²) in [7, 11) is -0.227. The molecule has 170 valence electrons. The van der Waals surface area contributed by atoms with Crippen molar-refractivity contribution in [3.05, 3.63) is 29.3 Å². The van der Waals surface area contributed by atoms with E-state index in [0.717, 1.165) is 0 Å². The van der Waals surface area contributed by atoms with Gasteiger partial charge in [0.05, 0.1) is 0 Å². The lowest BCUT2D eigenvalue weighted by Gasteiger charge is -2.29. The van der Waals surface area contributed by atoms with E-state index in [1.807, 2.05) is 0 Å². The number of esters is 2. The van der Waals surface area contributed by atoms with Crippen LogP contribution in [0.4, 0.5) is 8.78 Å². The molecule has 1 aromatic carbocycles. The summed E-state index contributed by atoms with van der Waals surface area (Å²) in [5, 5.41) is 10.2. The molecule has 0 aromatic heterocycles. The number of fused-ring (bicyclic) bond motifs is 1. The van der Waals surface area contributed by atoms with Gasteiger partial charge in [0.1, 0.15) is 11.3 Å². The molecule has 1 aliphatic rings. The minimum atomic E-state index is -3.47. The molecule has 0 bridgehead atoms. The first-order valence-corrected chi connectivity index (χ1v) is 9.70. The Kier molecular flexibility index (Phi) is 7.77. The number of carbonyl (C=O) groups is 3. The second-order valence-corrected chi connectivity index (χ2v) is 7.65. The normalized spacial score (nSPS) is 16.2. The van der Waals surface area contributed by atoms with Gasteiger partial charge in [-0.05, 0) is 31.9 Å². The number of alkyl halides is 2. The fraction of sp³-hybridized carbons (Fsp3) is 0.550. The summed E-state index contributed by atoms with van der Waals surface area (Å²) < 4.78 is 47.3. The quantitative estimate of drug-likeness (QED) is 0.353. The molecule has 2 rings (SSSR count). The Bertz CT molecular complexity index is 842. The summed E-state index contributed by atoms with van der Waals surface area (Å²) in [4.78, 5) is 36.0. The van der Waals surface area contributed by atoms with E-state index in [1.165, 1.54) is 40.0 Å². The molecule has 0 radical (unpaired) electrons. The Morgan fingerprint density at radius 2 is 1.94 bits per heavy atom. The highest BCUT2D eigenvalue weighted by molar-refractivity contribution is 6.47. The molecule has 0 unspecified atom stereocenters. The standard InChI is InChI=1S/C20H25BF2O8/c1-5-20(22,23)15(24)10-13-9-12-7-6-8-14(16(12)31-21(13)27)17(25)29-11-30-18(26)19(2,3)28-4/h6-8,13,27H,5,9-11H2,1-4H3/t13-/m1/s1. The molecule has 0 aliphatic carbocycles. The molecule has 0 saturated carbocycles. The third-order valence-corrected chi connectivity index (χ3v) is 5.12. The van der Waals surface area contributed by atoms with E-state index in [4.69, 9.17) is 18.9 Å². The second-order valence-electron chi connectivity index (χ2n) is 7.65. The van der Waals surface area contributed by atoms with Gasteiger partial charge >= 0.3 is 25.0 Å². The number of Topliss-reactive ketones (excluding diaryl/α,β-unsaturated/α-hetero) is 1. The molecule has 0 spiro atoms. The Labute approximate surface area is 178 Å². The van der Waals surface area contributed by atoms with Crippen molar-refractivity contribution >= 4 is 24.8 Å². The van der Waals surface area contributed by atoms with E-state index >= 15 is 0 Å².